The fourth-order valence-electron chi connectivity index (χ4n) is 5.72. The Labute approximate surface area is 192 Å². The van der Waals surface area contributed by atoms with Crippen LogP contribution >= 0.6 is 11.6 Å². The van der Waals surface area contributed by atoms with E-state index in [-0.39, 0.29) is 17.7 Å². The maximum absolute atomic E-state index is 13.6. The van der Waals surface area contributed by atoms with Gasteiger partial charge in [-0.15, -0.1) is 0 Å². The predicted molar refractivity (Wildman–Crippen MR) is 118 cm³/mol. The van der Waals surface area contributed by atoms with Crippen molar-refractivity contribution in [2.75, 3.05) is 39.3 Å². The maximum atomic E-state index is 13.6. The molecule has 0 saturated carbocycles. The molecule has 8 nitrogen and oxygen atoms in total. The summed E-state index contributed by atoms with van der Waals surface area (Å²) in [7, 11) is 0. The summed E-state index contributed by atoms with van der Waals surface area (Å²) in [4.78, 5) is 45.9. The van der Waals surface area contributed by atoms with Gasteiger partial charge in [0.05, 0.1) is 12.1 Å². The van der Waals surface area contributed by atoms with Gasteiger partial charge in [0.25, 0.3) is 5.91 Å². The van der Waals surface area contributed by atoms with Gasteiger partial charge in [-0.2, -0.15) is 0 Å². The van der Waals surface area contributed by atoms with Gasteiger partial charge in [0, 0.05) is 57.3 Å². The van der Waals surface area contributed by atoms with Crippen LogP contribution in [-0.2, 0) is 20.9 Å². The summed E-state index contributed by atoms with van der Waals surface area (Å²) < 4.78 is 0. The number of hydrogen-bond donors (Lipinski definition) is 1. The number of benzene rings is 1. The number of amides is 3. The standard InChI is InChI=1S/C23H29ClN4O4/c24-17-6-4-16(5-7-17)12-25-14-23(15-25)22(32)27(10-2-9-26-8-1-3-20(26)30)21(31)19-11-18(29)13-28(19)23/h4-7,18-19,29H,1-3,8-15H2. The zero-order chi connectivity index (χ0) is 22.5. The molecule has 1 aromatic rings. The molecule has 0 bridgehead atoms. The van der Waals surface area contributed by atoms with E-state index in [1.54, 1.807) is 0 Å². The van der Waals surface area contributed by atoms with Crippen LogP contribution in [0.15, 0.2) is 24.3 Å². The second-order valence-electron chi connectivity index (χ2n) is 9.49. The second kappa shape index (κ2) is 8.41. The Hall–Kier alpha value is -2.00. The first kappa shape index (κ1) is 21.8. The van der Waals surface area contributed by atoms with Crippen LogP contribution in [0.2, 0.25) is 5.02 Å². The summed E-state index contributed by atoms with van der Waals surface area (Å²) in [5, 5.41) is 11.0. The summed E-state index contributed by atoms with van der Waals surface area (Å²) >= 11 is 5.98. The first-order chi connectivity index (χ1) is 15.4. The van der Waals surface area contributed by atoms with E-state index in [4.69, 9.17) is 11.6 Å². The summed E-state index contributed by atoms with van der Waals surface area (Å²) in [6.45, 7) is 3.78. The third-order valence-corrected chi connectivity index (χ3v) is 7.55. The van der Waals surface area contributed by atoms with Crippen LogP contribution in [0.4, 0.5) is 0 Å². The van der Waals surface area contributed by atoms with E-state index in [1.807, 2.05) is 34.1 Å². The molecule has 4 fully saturated rings. The predicted octanol–water partition coefficient (Wildman–Crippen LogP) is 0.711. The number of β-amino-alcohol motifs (C(OH)–C–C–N with tert-alkyl or cyclic N) is 1. The zero-order valence-electron chi connectivity index (χ0n) is 18.1. The van der Waals surface area contributed by atoms with Gasteiger partial charge in [0.1, 0.15) is 5.54 Å². The average molecular weight is 461 g/mol. The lowest BCUT2D eigenvalue weighted by Crippen LogP contribution is -2.81. The summed E-state index contributed by atoms with van der Waals surface area (Å²) in [5.74, 6) is -0.214. The minimum Gasteiger partial charge on any atom is -0.392 e. The van der Waals surface area contributed by atoms with E-state index in [9.17, 15) is 19.5 Å². The van der Waals surface area contributed by atoms with Gasteiger partial charge >= 0.3 is 0 Å². The van der Waals surface area contributed by atoms with Crippen LogP contribution in [0.5, 0.6) is 0 Å². The van der Waals surface area contributed by atoms with Crippen LogP contribution in [0.3, 0.4) is 0 Å². The lowest BCUT2D eigenvalue weighted by atomic mass is 9.82. The largest absolute Gasteiger partial charge is 0.392 e. The van der Waals surface area contributed by atoms with Gasteiger partial charge in [-0.1, -0.05) is 23.7 Å². The number of imide groups is 1. The Balaban J connectivity index is 1.28. The molecule has 4 aliphatic heterocycles. The topological polar surface area (TPSA) is 84.4 Å². The lowest BCUT2D eigenvalue weighted by Gasteiger charge is -2.58. The fourth-order valence-corrected chi connectivity index (χ4v) is 5.84. The lowest BCUT2D eigenvalue weighted by molar-refractivity contribution is -0.180. The number of carbonyl (C=O) groups excluding carboxylic acids is 3. The zero-order valence-corrected chi connectivity index (χ0v) is 18.8. The molecule has 4 saturated heterocycles. The van der Waals surface area contributed by atoms with Crippen molar-refractivity contribution in [1.82, 2.24) is 19.6 Å². The number of hydrogen-bond acceptors (Lipinski definition) is 6. The van der Waals surface area contributed by atoms with E-state index >= 15 is 0 Å². The van der Waals surface area contributed by atoms with Gasteiger partial charge in [-0.05, 0) is 37.0 Å². The molecular weight excluding hydrogens is 432 g/mol. The number of carbonyl (C=O) groups is 3. The summed E-state index contributed by atoms with van der Waals surface area (Å²) in [6.07, 6.45) is 1.82. The molecule has 5 rings (SSSR count). The molecule has 1 N–H and O–H groups in total. The highest BCUT2D eigenvalue weighted by Crippen LogP contribution is 2.41. The molecule has 4 aliphatic rings. The van der Waals surface area contributed by atoms with Crippen molar-refractivity contribution in [1.29, 1.82) is 0 Å². The molecular formula is C23H29ClN4O4. The molecule has 4 heterocycles. The normalized spacial score (nSPS) is 28.0. The van der Waals surface area contributed by atoms with Crippen molar-refractivity contribution < 1.29 is 19.5 Å². The molecule has 1 aromatic carbocycles. The molecule has 172 valence electrons. The minimum atomic E-state index is -0.758. The fraction of sp³-hybridized carbons (Fsp3) is 0.609. The molecule has 1 spiro atoms. The number of piperazine rings is 1. The Bertz CT molecular complexity index is 917. The quantitative estimate of drug-likeness (QED) is 0.629. The van der Waals surface area contributed by atoms with Crippen LogP contribution < -0.4 is 0 Å². The average Bonchev–Trinajstić information content (AvgIpc) is 3.33. The third-order valence-electron chi connectivity index (χ3n) is 7.29. The van der Waals surface area contributed by atoms with Gasteiger partial charge in [-0.3, -0.25) is 29.1 Å². The Morgan fingerprint density at radius 1 is 1.09 bits per heavy atom. The monoisotopic (exact) mass is 460 g/mol. The summed E-state index contributed by atoms with van der Waals surface area (Å²) in [5.41, 5.74) is 0.361. The van der Waals surface area contributed by atoms with E-state index in [1.165, 1.54) is 4.90 Å². The van der Waals surface area contributed by atoms with E-state index in [0.717, 1.165) is 18.5 Å². The van der Waals surface area contributed by atoms with E-state index < -0.39 is 17.7 Å². The Morgan fingerprint density at radius 2 is 1.84 bits per heavy atom. The molecule has 9 heteroatoms. The number of halogens is 1. The van der Waals surface area contributed by atoms with Gasteiger partial charge in [0.2, 0.25) is 11.8 Å². The van der Waals surface area contributed by atoms with Gasteiger partial charge in [-0.25, -0.2) is 0 Å². The smallest absolute Gasteiger partial charge is 0.252 e. The number of aliphatic hydroxyl groups is 1. The molecule has 2 atom stereocenters. The Kier molecular flexibility index (Phi) is 5.73. The van der Waals surface area contributed by atoms with Crippen molar-refractivity contribution in [2.45, 2.75) is 49.9 Å². The van der Waals surface area contributed by atoms with E-state index in [2.05, 4.69) is 4.90 Å². The second-order valence-corrected chi connectivity index (χ2v) is 9.93. The number of rotatable bonds is 6. The van der Waals surface area contributed by atoms with Crippen molar-refractivity contribution in [3.8, 4) is 0 Å². The van der Waals surface area contributed by atoms with Crippen molar-refractivity contribution in [3.05, 3.63) is 34.9 Å². The highest BCUT2D eigenvalue weighted by atomic mass is 35.5. The highest BCUT2D eigenvalue weighted by Gasteiger charge is 2.64. The van der Waals surface area contributed by atoms with Crippen molar-refractivity contribution >= 4 is 29.3 Å². The highest BCUT2D eigenvalue weighted by molar-refractivity contribution is 6.30. The molecule has 0 aliphatic carbocycles. The molecule has 32 heavy (non-hydrogen) atoms. The minimum absolute atomic E-state index is 0.152. The SMILES string of the molecule is O=C1CCCN1CCCN1C(=O)C2CC(O)CN2C2(CN(Cc3ccc(Cl)cc3)C2)C1=O. The van der Waals surface area contributed by atoms with Gasteiger partial charge in [0.15, 0.2) is 0 Å². The number of aliphatic hydroxyl groups excluding tert-OH is 1. The van der Waals surface area contributed by atoms with E-state index in [0.29, 0.717) is 63.6 Å². The molecule has 2 unspecified atom stereocenters. The first-order valence-electron chi connectivity index (χ1n) is 11.4. The first-order valence-corrected chi connectivity index (χ1v) is 11.8. The van der Waals surface area contributed by atoms with Crippen molar-refractivity contribution in [2.24, 2.45) is 0 Å². The van der Waals surface area contributed by atoms with Gasteiger partial charge < -0.3 is 10.0 Å². The molecule has 3 amide bonds. The van der Waals surface area contributed by atoms with Crippen LogP contribution in [0.1, 0.15) is 31.2 Å². The molecule has 0 aromatic heterocycles. The molecule has 0 radical (unpaired) electrons. The Morgan fingerprint density at radius 3 is 2.53 bits per heavy atom. The summed E-state index contributed by atoms with van der Waals surface area (Å²) in [6, 6.07) is 7.23. The van der Waals surface area contributed by atoms with Crippen LogP contribution in [-0.4, -0.2) is 99.4 Å². The van der Waals surface area contributed by atoms with Crippen LogP contribution in [0, 0.1) is 0 Å². The third kappa shape index (κ3) is 3.73. The van der Waals surface area contributed by atoms with Crippen molar-refractivity contribution in [3.63, 3.8) is 0 Å². The number of likely N-dealkylation sites (tertiary alicyclic amines) is 2. The number of nitrogens with zero attached hydrogens (tertiary/aromatic N) is 4. The van der Waals surface area contributed by atoms with Crippen LogP contribution in [0.25, 0.3) is 0 Å². The number of fused-ring (bicyclic) bond motifs is 2. The maximum Gasteiger partial charge on any atom is 0.252 e.